The van der Waals surface area contributed by atoms with Crippen molar-refractivity contribution in [3.8, 4) is 0 Å². The molecule has 0 aromatic rings. The lowest BCUT2D eigenvalue weighted by atomic mass is 9.90. The summed E-state index contributed by atoms with van der Waals surface area (Å²) in [4.78, 5) is 25.0. The lowest BCUT2D eigenvalue weighted by Crippen LogP contribution is -2.49. The highest BCUT2D eigenvalue weighted by Gasteiger charge is 2.34. The Morgan fingerprint density at radius 3 is 2.06 bits per heavy atom. The van der Waals surface area contributed by atoms with E-state index in [2.05, 4.69) is 0 Å². The molecule has 1 amide bonds. The minimum Gasteiger partial charge on any atom is -0.444 e. The second-order valence-corrected chi connectivity index (χ2v) is 5.59. The number of nitrogens with zero attached hydrogens (tertiary/aromatic N) is 1. The van der Waals surface area contributed by atoms with E-state index in [0.29, 0.717) is 13.1 Å². The van der Waals surface area contributed by atoms with Crippen molar-refractivity contribution < 1.29 is 14.3 Å². The molecule has 1 saturated heterocycles. The molecule has 1 fully saturated rings. The fourth-order valence-electron chi connectivity index (χ4n) is 1.88. The second-order valence-electron chi connectivity index (χ2n) is 5.59. The number of ketones is 1. The third-order valence-corrected chi connectivity index (χ3v) is 2.61. The number of hydrogen-bond acceptors (Lipinski definition) is 3. The fourth-order valence-corrected chi connectivity index (χ4v) is 1.88. The highest BCUT2D eigenvalue weighted by molar-refractivity contribution is 5.85. The maximum atomic E-state index is 11.8. The van der Waals surface area contributed by atoms with E-state index < -0.39 is 5.60 Å². The topological polar surface area (TPSA) is 46.6 Å². The van der Waals surface area contributed by atoms with Gasteiger partial charge in [0.2, 0.25) is 0 Å². The fraction of sp³-hybridized carbons (Fsp3) is 0.833. The van der Waals surface area contributed by atoms with Crippen molar-refractivity contribution in [1.82, 2.24) is 4.90 Å². The second kappa shape index (κ2) is 4.44. The maximum absolute atomic E-state index is 11.8. The summed E-state index contributed by atoms with van der Waals surface area (Å²) in [6.45, 7) is 10.2. The van der Waals surface area contributed by atoms with E-state index in [1.807, 2.05) is 34.6 Å². The van der Waals surface area contributed by atoms with Gasteiger partial charge in [-0.25, -0.2) is 4.79 Å². The van der Waals surface area contributed by atoms with Crippen LogP contribution < -0.4 is 0 Å². The van der Waals surface area contributed by atoms with Crippen molar-refractivity contribution in [2.24, 2.45) is 11.8 Å². The van der Waals surface area contributed by atoms with Gasteiger partial charge >= 0.3 is 6.09 Å². The van der Waals surface area contributed by atoms with E-state index in [1.165, 1.54) is 0 Å². The summed E-state index contributed by atoms with van der Waals surface area (Å²) in [5, 5.41) is 0. The molecule has 1 heterocycles. The van der Waals surface area contributed by atoms with E-state index in [9.17, 15) is 9.59 Å². The molecule has 0 N–H and O–H groups in total. The Morgan fingerprint density at radius 1 is 1.25 bits per heavy atom. The SMILES string of the molecule is C[C@H]1CN(C(=O)OC(C)(C)C)C[C@H](C)C1=O. The Labute approximate surface area is 96.9 Å². The number of hydrogen-bond donors (Lipinski definition) is 0. The first-order chi connectivity index (χ1) is 7.20. The molecule has 0 spiro atoms. The van der Waals surface area contributed by atoms with Gasteiger partial charge in [-0.1, -0.05) is 13.8 Å². The predicted octanol–water partition coefficient (Wildman–Crippen LogP) is 2.08. The quantitative estimate of drug-likeness (QED) is 0.636. The number of carbonyl (C=O) groups excluding carboxylic acids is 2. The van der Waals surface area contributed by atoms with Gasteiger partial charge in [-0.15, -0.1) is 0 Å². The molecule has 1 aliphatic heterocycles. The van der Waals surface area contributed by atoms with Crippen LogP contribution in [0.4, 0.5) is 4.79 Å². The number of amides is 1. The van der Waals surface area contributed by atoms with Crippen LogP contribution in [0.2, 0.25) is 0 Å². The molecule has 0 aromatic heterocycles. The van der Waals surface area contributed by atoms with Crippen molar-refractivity contribution in [2.45, 2.75) is 40.2 Å². The molecule has 4 nitrogen and oxygen atoms in total. The Hall–Kier alpha value is -1.06. The first kappa shape index (κ1) is 13.0. The lowest BCUT2D eigenvalue weighted by Gasteiger charge is -2.35. The number of Topliss-reactive ketones (excluding diaryl/α,β-unsaturated/α-hetero) is 1. The molecule has 0 bridgehead atoms. The summed E-state index contributed by atoms with van der Waals surface area (Å²) < 4.78 is 5.28. The molecule has 0 radical (unpaired) electrons. The van der Waals surface area contributed by atoms with Crippen molar-refractivity contribution >= 4 is 11.9 Å². The summed E-state index contributed by atoms with van der Waals surface area (Å²) in [7, 11) is 0. The average molecular weight is 227 g/mol. The van der Waals surface area contributed by atoms with Crippen LogP contribution in [0.3, 0.4) is 0 Å². The molecule has 0 unspecified atom stereocenters. The van der Waals surface area contributed by atoms with E-state index >= 15 is 0 Å². The average Bonchev–Trinajstić information content (AvgIpc) is 2.10. The Balaban J connectivity index is 2.62. The number of carbonyl (C=O) groups is 2. The van der Waals surface area contributed by atoms with E-state index in [-0.39, 0.29) is 23.7 Å². The van der Waals surface area contributed by atoms with Gasteiger partial charge in [-0.3, -0.25) is 4.79 Å². The molecular formula is C12H21NO3. The number of ether oxygens (including phenoxy) is 1. The molecule has 16 heavy (non-hydrogen) atoms. The van der Waals surface area contributed by atoms with E-state index in [4.69, 9.17) is 4.74 Å². The van der Waals surface area contributed by atoms with Crippen molar-refractivity contribution in [2.75, 3.05) is 13.1 Å². The van der Waals surface area contributed by atoms with Crippen LogP contribution in [-0.4, -0.2) is 35.5 Å². The maximum Gasteiger partial charge on any atom is 0.410 e. The number of piperidine rings is 1. The number of likely N-dealkylation sites (tertiary alicyclic amines) is 1. The van der Waals surface area contributed by atoms with Gasteiger partial charge in [0.05, 0.1) is 0 Å². The van der Waals surface area contributed by atoms with Crippen LogP contribution in [0.15, 0.2) is 0 Å². The Kier molecular flexibility index (Phi) is 3.61. The summed E-state index contributed by atoms with van der Waals surface area (Å²) in [5.41, 5.74) is -0.481. The molecule has 0 aliphatic carbocycles. The zero-order valence-electron chi connectivity index (χ0n) is 10.7. The monoisotopic (exact) mass is 227 g/mol. The first-order valence-corrected chi connectivity index (χ1v) is 5.72. The molecule has 92 valence electrons. The van der Waals surface area contributed by atoms with Crippen LogP contribution in [0.1, 0.15) is 34.6 Å². The van der Waals surface area contributed by atoms with Gasteiger partial charge in [-0.05, 0) is 20.8 Å². The first-order valence-electron chi connectivity index (χ1n) is 5.72. The van der Waals surface area contributed by atoms with Gasteiger partial charge in [-0.2, -0.15) is 0 Å². The molecule has 0 aromatic carbocycles. The zero-order chi connectivity index (χ0) is 12.5. The molecule has 1 aliphatic rings. The third kappa shape index (κ3) is 3.22. The molecule has 4 heteroatoms. The van der Waals surface area contributed by atoms with Gasteiger partial charge < -0.3 is 9.64 Å². The minimum absolute atomic E-state index is 0.0868. The van der Waals surface area contributed by atoms with Crippen LogP contribution >= 0.6 is 0 Å². The zero-order valence-corrected chi connectivity index (χ0v) is 10.7. The van der Waals surface area contributed by atoms with Gasteiger partial charge in [0.1, 0.15) is 11.4 Å². The van der Waals surface area contributed by atoms with Crippen LogP contribution in [-0.2, 0) is 9.53 Å². The van der Waals surface area contributed by atoms with Gasteiger partial charge in [0, 0.05) is 24.9 Å². The van der Waals surface area contributed by atoms with Gasteiger partial charge in [0.25, 0.3) is 0 Å². The van der Waals surface area contributed by atoms with Crippen LogP contribution in [0.25, 0.3) is 0 Å². The van der Waals surface area contributed by atoms with Gasteiger partial charge in [0.15, 0.2) is 0 Å². The standard InChI is InChI=1S/C12H21NO3/c1-8-6-13(7-9(2)10(8)14)11(15)16-12(3,4)5/h8-9H,6-7H2,1-5H3/t8-,9-/m0/s1. The Bertz CT molecular complexity index is 279. The summed E-state index contributed by atoms with van der Waals surface area (Å²) in [6, 6.07) is 0. The smallest absolute Gasteiger partial charge is 0.410 e. The van der Waals surface area contributed by atoms with E-state index in [1.54, 1.807) is 4.90 Å². The summed E-state index contributed by atoms with van der Waals surface area (Å²) in [5.74, 6) is 0.0624. The predicted molar refractivity (Wildman–Crippen MR) is 61.1 cm³/mol. The summed E-state index contributed by atoms with van der Waals surface area (Å²) in [6.07, 6.45) is -0.321. The third-order valence-electron chi connectivity index (χ3n) is 2.61. The highest BCUT2D eigenvalue weighted by Crippen LogP contribution is 2.20. The van der Waals surface area contributed by atoms with Crippen LogP contribution in [0, 0.1) is 11.8 Å². The highest BCUT2D eigenvalue weighted by atomic mass is 16.6. The lowest BCUT2D eigenvalue weighted by molar-refractivity contribution is -0.129. The van der Waals surface area contributed by atoms with Crippen molar-refractivity contribution in [3.05, 3.63) is 0 Å². The molecule has 1 rings (SSSR count). The van der Waals surface area contributed by atoms with Crippen LogP contribution in [0.5, 0.6) is 0 Å². The summed E-state index contributed by atoms with van der Waals surface area (Å²) >= 11 is 0. The molecular weight excluding hydrogens is 206 g/mol. The minimum atomic E-state index is -0.481. The normalized spacial score (nSPS) is 26.8. The van der Waals surface area contributed by atoms with E-state index in [0.717, 1.165) is 0 Å². The molecule has 2 atom stereocenters. The Morgan fingerprint density at radius 2 is 1.69 bits per heavy atom. The number of rotatable bonds is 0. The van der Waals surface area contributed by atoms with Crippen molar-refractivity contribution in [1.29, 1.82) is 0 Å². The molecule has 0 saturated carbocycles. The van der Waals surface area contributed by atoms with Crippen molar-refractivity contribution in [3.63, 3.8) is 0 Å². The largest absolute Gasteiger partial charge is 0.444 e.